The lowest BCUT2D eigenvalue weighted by Gasteiger charge is -2.44. The highest BCUT2D eigenvalue weighted by Gasteiger charge is 2.33. The van der Waals surface area contributed by atoms with Gasteiger partial charge in [-0.2, -0.15) is 21.9 Å². The van der Waals surface area contributed by atoms with E-state index < -0.39 is 6.15 Å². The topological polar surface area (TPSA) is 20.2 Å². The minimum Gasteiger partial charge on any atom is -0.511 e. The Morgan fingerprint density at radius 3 is 1.15 bits per heavy atom. The number of rotatable bonds is 4. The first kappa shape index (κ1) is 16.2. The number of hydrogen-bond donors (Lipinski definition) is 1. The largest absolute Gasteiger partial charge is 0.511 e. The van der Waals surface area contributed by atoms with E-state index in [1.165, 1.54) is 16.4 Å². The molecule has 2 heteroatoms. The summed E-state index contributed by atoms with van der Waals surface area (Å²) < 4.78 is 0. The van der Waals surface area contributed by atoms with Gasteiger partial charge < -0.3 is 5.11 Å². The summed E-state index contributed by atoms with van der Waals surface area (Å²) in [4.78, 5) is 0. The monoisotopic (exact) mass is 335 g/mol. The Bertz CT molecular complexity index is 885. The van der Waals surface area contributed by atoms with Crippen LogP contribution in [-0.4, -0.2) is 11.3 Å². The number of para-hydroxylation sites is 1. The van der Waals surface area contributed by atoms with Crippen molar-refractivity contribution in [2.75, 3.05) is 0 Å². The molecular formula is C24H20BO-. The second-order valence-electron chi connectivity index (χ2n) is 6.66. The van der Waals surface area contributed by atoms with Crippen molar-refractivity contribution in [2.24, 2.45) is 0 Å². The molecule has 0 radical (unpaired) electrons. The molecule has 0 heterocycles. The summed E-state index contributed by atoms with van der Waals surface area (Å²) in [5.74, 6) is 0.323. The highest BCUT2D eigenvalue weighted by molar-refractivity contribution is 7.20. The Hall–Kier alpha value is -3.26. The third kappa shape index (κ3) is 2.60. The summed E-state index contributed by atoms with van der Waals surface area (Å²) >= 11 is 0. The van der Waals surface area contributed by atoms with Crippen molar-refractivity contribution >= 4 is 28.0 Å². The van der Waals surface area contributed by atoms with E-state index in [0.717, 1.165) is 5.46 Å². The van der Waals surface area contributed by atoms with Gasteiger partial charge in [-0.25, -0.2) is 0 Å². The van der Waals surface area contributed by atoms with Gasteiger partial charge in [-0.05, 0) is 6.07 Å². The summed E-state index contributed by atoms with van der Waals surface area (Å²) in [5, 5.41) is 10.8. The molecule has 0 aliphatic heterocycles. The molecule has 26 heavy (non-hydrogen) atoms. The van der Waals surface area contributed by atoms with Crippen LogP contribution in [0.4, 0.5) is 0 Å². The van der Waals surface area contributed by atoms with Crippen LogP contribution in [0.25, 0.3) is 0 Å². The van der Waals surface area contributed by atoms with E-state index in [4.69, 9.17) is 0 Å². The summed E-state index contributed by atoms with van der Waals surface area (Å²) in [6.07, 6.45) is -1.49. The molecule has 0 aromatic heterocycles. The van der Waals surface area contributed by atoms with Gasteiger partial charge in [-0.1, -0.05) is 109 Å². The van der Waals surface area contributed by atoms with Crippen molar-refractivity contribution < 1.29 is 5.11 Å². The predicted molar refractivity (Wildman–Crippen MR) is 112 cm³/mol. The number of phenols is 1. The number of hydrogen-bond acceptors (Lipinski definition) is 1. The lowest BCUT2D eigenvalue weighted by Crippen LogP contribution is -2.74. The molecule has 0 unspecified atom stereocenters. The van der Waals surface area contributed by atoms with Crippen LogP contribution in [0.2, 0.25) is 0 Å². The van der Waals surface area contributed by atoms with Crippen molar-refractivity contribution in [2.45, 2.75) is 0 Å². The van der Waals surface area contributed by atoms with Gasteiger partial charge in [0.25, 0.3) is 0 Å². The van der Waals surface area contributed by atoms with E-state index in [1.54, 1.807) is 6.07 Å². The van der Waals surface area contributed by atoms with Gasteiger partial charge in [-0.15, -0.1) is 0 Å². The zero-order valence-corrected chi connectivity index (χ0v) is 14.5. The Morgan fingerprint density at radius 1 is 0.423 bits per heavy atom. The van der Waals surface area contributed by atoms with E-state index in [0.29, 0.717) is 5.75 Å². The van der Waals surface area contributed by atoms with Crippen LogP contribution >= 0.6 is 0 Å². The van der Waals surface area contributed by atoms with E-state index in [2.05, 4.69) is 72.8 Å². The summed E-state index contributed by atoms with van der Waals surface area (Å²) in [7, 11) is 0. The average molecular weight is 335 g/mol. The van der Waals surface area contributed by atoms with Gasteiger partial charge in [0.05, 0.1) is 5.75 Å². The fourth-order valence-electron chi connectivity index (χ4n) is 4.19. The molecule has 0 amide bonds. The van der Waals surface area contributed by atoms with Crippen LogP contribution in [0.15, 0.2) is 115 Å². The highest BCUT2D eigenvalue weighted by Crippen LogP contribution is 2.15. The van der Waals surface area contributed by atoms with Crippen LogP contribution in [-0.2, 0) is 0 Å². The van der Waals surface area contributed by atoms with Crippen molar-refractivity contribution in [1.29, 1.82) is 0 Å². The molecule has 126 valence electrons. The van der Waals surface area contributed by atoms with Crippen LogP contribution in [0, 0.1) is 0 Å². The second-order valence-corrected chi connectivity index (χ2v) is 6.66. The fourth-order valence-corrected chi connectivity index (χ4v) is 4.19. The first-order valence-corrected chi connectivity index (χ1v) is 8.94. The van der Waals surface area contributed by atoms with Crippen molar-refractivity contribution in [3.8, 4) is 5.75 Å². The first-order chi connectivity index (χ1) is 12.8. The molecule has 0 saturated heterocycles. The molecule has 0 saturated carbocycles. The minimum atomic E-state index is -1.49. The third-order valence-electron chi connectivity index (χ3n) is 5.30. The zero-order valence-electron chi connectivity index (χ0n) is 14.5. The van der Waals surface area contributed by atoms with Crippen LogP contribution in [0.5, 0.6) is 5.75 Å². The molecule has 0 fully saturated rings. The summed E-state index contributed by atoms with van der Waals surface area (Å²) in [6, 6.07) is 39.2. The van der Waals surface area contributed by atoms with Crippen molar-refractivity contribution in [3.05, 3.63) is 115 Å². The van der Waals surface area contributed by atoms with E-state index in [1.807, 2.05) is 36.4 Å². The van der Waals surface area contributed by atoms with Gasteiger partial charge in [0.2, 0.25) is 0 Å². The molecule has 4 aromatic carbocycles. The lowest BCUT2D eigenvalue weighted by atomic mass is 9.13. The second kappa shape index (κ2) is 6.93. The molecule has 0 spiro atoms. The van der Waals surface area contributed by atoms with Gasteiger partial charge in [0.1, 0.15) is 6.15 Å². The molecule has 4 rings (SSSR count). The van der Waals surface area contributed by atoms with Gasteiger partial charge >= 0.3 is 0 Å². The number of aromatic hydroxyl groups is 1. The number of phenolic OH excluding ortho intramolecular Hbond substituents is 1. The van der Waals surface area contributed by atoms with Gasteiger partial charge in [0.15, 0.2) is 0 Å². The number of benzene rings is 4. The molecule has 0 aliphatic rings. The SMILES string of the molecule is Oc1ccccc1[B-](c1ccccc1)(c1ccccc1)c1ccccc1. The maximum atomic E-state index is 10.8. The first-order valence-electron chi connectivity index (χ1n) is 8.94. The molecule has 0 atom stereocenters. The molecule has 1 N–H and O–H groups in total. The maximum Gasteiger partial charge on any atom is 0.112 e. The van der Waals surface area contributed by atoms with Crippen molar-refractivity contribution in [3.63, 3.8) is 0 Å². The minimum absolute atomic E-state index is 0.323. The van der Waals surface area contributed by atoms with Gasteiger partial charge in [-0.3, -0.25) is 0 Å². The Balaban J connectivity index is 2.17. The Labute approximate surface area is 154 Å². The van der Waals surface area contributed by atoms with Crippen LogP contribution in [0.3, 0.4) is 0 Å². The Morgan fingerprint density at radius 2 is 0.769 bits per heavy atom. The molecular weight excluding hydrogens is 315 g/mol. The molecule has 0 bridgehead atoms. The quantitative estimate of drug-likeness (QED) is 0.569. The fraction of sp³-hybridized carbons (Fsp3) is 0. The van der Waals surface area contributed by atoms with Gasteiger partial charge in [0, 0.05) is 0 Å². The maximum absolute atomic E-state index is 10.8. The Kier molecular flexibility index (Phi) is 4.33. The van der Waals surface area contributed by atoms with Crippen LogP contribution < -0.4 is 21.9 Å². The van der Waals surface area contributed by atoms with Crippen LogP contribution in [0.1, 0.15) is 0 Å². The smallest absolute Gasteiger partial charge is 0.112 e. The summed E-state index contributed by atoms with van der Waals surface area (Å²) in [6.45, 7) is 0. The van der Waals surface area contributed by atoms with E-state index >= 15 is 0 Å². The zero-order chi connectivity index (χ0) is 17.8. The van der Waals surface area contributed by atoms with E-state index in [-0.39, 0.29) is 0 Å². The normalized spacial score (nSPS) is 11.2. The highest BCUT2D eigenvalue weighted by atomic mass is 16.3. The predicted octanol–water partition coefficient (Wildman–Crippen LogP) is 2.77. The standard InChI is InChI=1S/C24H20BO/c26-24-19-11-10-18-23(24)25(20-12-4-1-5-13-20,21-14-6-2-7-15-21)22-16-8-3-9-17-22/h1-19,26H/q-1. The third-order valence-corrected chi connectivity index (χ3v) is 5.30. The molecule has 0 aliphatic carbocycles. The lowest BCUT2D eigenvalue weighted by molar-refractivity contribution is 0.479. The molecule has 4 aromatic rings. The summed E-state index contributed by atoms with van der Waals surface area (Å²) in [5.41, 5.74) is 4.50. The average Bonchev–Trinajstić information content (AvgIpc) is 2.72. The van der Waals surface area contributed by atoms with Crippen molar-refractivity contribution in [1.82, 2.24) is 0 Å². The van der Waals surface area contributed by atoms with E-state index in [9.17, 15) is 5.11 Å². The molecule has 1 nitrogen and oxygen atoms in total.